The molecule has 1 atom stereocenters. The zero-order valence-corrected chi connectivity index (χ0v) is 7.07. The molecule has 1 aromatic carbocycles. The summed E-state index contributed by atoms with van der Waals surface area (Å²) in [6.07, 6.45) is 0.221. The molecular weight excluding hydrogens is 171 g/mol. The van der Waals surface area contributed by atoms with Crippen molar-refractivity contribution in [1.82, 2.24) is 0 Å². The van der Waals surface area contributed by atoms with Gasteiger partial charge in [-0.05, 0) is 30.5 Å². The summed E-state index contributed by atoms with van der Waals surface area (Å²) >= 11 is 0. The SMILES string of the molecule is O[C@H](c1cccc(F)c1)C1(O)CC1. The van der Waals surface area contributed by atoms with Gasteiger partial charge >= 0.3 is 0 Å². The Bertz CT molecular complexity index is 320. The van der Waals surface area contributed by atoms with Gasteiger partial charge in [-0.3, -0.25) is 0 Å². The van der Waals surface area contributed by atoms with Gasteiger partial charge in [0.2, 0.25) is 0 Å². The molecule has 0 saturated heterocycles. The molecule has 0 heterocycles. The van der Waals surface area contributed by atoms with E-state index in [4.69, 9.17) is 0 Å². The molecule has 0 aliphatic heterocycles. The largest absolute Gasteiger partial charge is 0.387 e. The van der Waals surface area contributed by atoms with E-state index in [-0.39, 0.29) is 5.82 Å². The third-order valence-corrected chi connectivity index (χ3v) is 2.44. The van der Waals surface area contributed by atoms with Crippen molar-refractivity contribution in [2.24, 2.45) is 0 Å². The second kappa shape index (κ2) is 2.79. The van der Waals surface area contributed by atoms with Gasteiger partial charge in [-0.1, -0.05) is 12.1 Å². The van der Waals surface area contributed by atoms with Gasteiger partial charge in [0.15, 0.2) is 0 Å². The van der Waals surface area contributed by atoms with E-state index in [1.165, 1.54) is 18.2 Å². The van der Waals surface area contributed by atoms with E-state index in [1.54, 1.807) is 6.07 Å². The van der Waals surface area contributed by atoms with Crippen LogP contribution in [0.3, 0.4) is 0 Å². The molecule has 70 valence electrons. The lowest BCUT2D eigenvalue weighted by Gasteiger charge is -2.16. The lowest BCUT2D eigenvalue weighted by molar-refractivity contribution is -0.00186. The predicted molar refractivity (Wildman–Crippen MR) is 45.5 cm³/mol. The van der Waals surface area contributed by atoms with Gasteiger partial charge in [0.05, 0.1) is 5.60 Å². The smallest absolute Gasteiger partial charge is 0.123 e. The Kier molecular flexibility index (Phi) is 1.86. The average molecular weight is 182 g/mol. The van der Waals surface area contributed by atoms with E-state index in [0.717, 1.165) is 0 Å². The number of halogens is 1. The van der Waals surface area contributed by atoms with Gasteiger partial charge in [-0.25, -0.2) is 4.39 Å². The number of aliphatic hydroxyl groups is 2. The van der Waals surface area contributed by atoms with E-state index in [2.05, 4.69) is 0 Å². The van der Waals surface area contributed by atoms with Crippen LogP contribution in [0.25, 0.3) is 0 Å². The zero-order chi connectivity index (χ0) is 9.47. The van der Waals surface area contributed by atoms with Crippen LogP contribution in [0.2, 0.25) is 0 Å². The monoisotopic (exact) mass is 182 g/mol. The highest BCUT2D eigenvalue weighted by Crippen LogP contribution is 2.45. The first kappa shape index (κ1) is 8.66. The molecule has 2 rings (SSSR count). The lowest BCUT2D eigenvalue weighted by atomic mass is 10.0. The van der Waals surface area contributed by atoms with Crippen molar-refractivity contribution in [2.75, 3.05) is 0 Å². The summed E-state index contributed by atoms with van der Waals surface area (Å²) in [5.74, 6) is -0.388. The maximum Gasteiger partial charge on any atom is 0.123 e. The molecule has 0 spiro atoms. The van der Waals surface area contributed by atoms with E-state index in [0.29, 0.717) is 18.4 Å². The lowest BCUT2D eigenvalue weighted by Crippen LogP contribution is -2.19. The Morgan fingerprint density at radius 2 is 2.08 bits per heavy atom. The number of hydrogen-bond acceptors (Lipinski definition) is 2. The molecule has 3 heteroatoms. The number of aliphatic hydroxyl groups excluding tert-OH is 1. The van der Waals surface area contributed by atoms with Crippen molar-refractivity contribution in [3.63, 3.8) is 0 Å². The van der Waals surface area contributed by atoms with Gasteiger partial charge in [-0.15, -0.1) is 0 Å². The maximum absolute atomic E-state index is 12.7. The molecule has 0 aromatic heterocycles. The molecule has 0 radical (unpaired) electrons. The molecule has 0 amide bonds. The fraction of sp³-hybridized carbons (Fsp3) is 0.400. The van der Waals surface area contributed by atoms with Crippen LogP contribution in [-0.4, -0.2) is 15.8 Å². The summed E-state index contributed by atoms with van der Waals surface area (Å²) < 4.78 is 12.7. The summed E-state index contributed by atoms with van der Waals surface area (Å²) in [4.78, 5) is 0. The van der Waals surface area contributed by atoms with Crippen molar-refractivity contribution in [2.45, 2.75) is 24.5 Å². The van der Waals surface area contributed by atoms with E-state index in [9.17, 15) is 14.6 Å². The van der Waals surface area contributed by atoms with Crippen LogP contribution in [-0.2, 0) is 0 Å². The van der Waals surface area contributed by atoms with E-state index in [1.807, 2.05) is 0 Å². The van der Waals surface area contributed by atoms with Gasteiger partial charge in [-0.2, -0.15) is 0 Å². The fourth-order valence-corrected chi connectivity index (χ4v) is 1.39. The van der Waals surface area contributed by atoms with Crippen LogP contribution in [0, 0.1) is 5.82 Å². The zero-order valence-electron chi connectivity index (χ0n) is 7.07. The summed E-state index contributed by atoms with van der Waals surface area (Å²) in [5, 5.41) is 19.2. The summed E-state index contributed by atoms with van der Waals surface area (Å²) in [6, 6.07) is 5.71. The third-order valence-electron chi connectivity index (χ3n) is 2.44. The summed E-state index contributed by atoms with van der Waals surface area (Å²) in [5.41, 5.74) is -0.562. The minimum atomic E-state index is -1.01. The number of benzene rings is 1. The first-order valence-electron chi connectivity index (χ1n) is 4.28. The van der Waals surface area contributed by atoms with Crippen LogP contribution < -0.4 is 0 Å². The number of rotatable bonds is 2. The minimum Gasteiger partial charge on any atom is -0.387 e. The van der Waals surface area contributed by atoms with E-state index < -0.39 is 11.7 Å². The van der Waals surface area contributed by atoms with Crippen LogP contribution in [0.5, 0.6) is 0 Å². The van der Waals surface area contributed by atoms with E-state index >= 15 is 0 Å². The van der Waals surface area contributed by atoms with Crippen LogP contribution in [0.15, 0.2) is 24.3 Å². The highest BCUT2D eigenvalue weighted by atomic mass is 19.1. The maximum atomic E-state index is 12.7. The second-order valence-electron chi connectivity index (χ2n) is 3.56. The van der Waals surface area contributed by atoms with Gasteiger partial charge in [0.1, 0.15) is 11.9 Å². The molecule has 13 heavy (non-hydrogen) atoms. The van der Waals surface area contributed by atoms with Crippen molar-refractivity contribution in [1.29, 1.82) is 0 Å². The average Bonchev–Trinajstić information content (AvgIpc) is 2.84. The number of hydrogen-bond donors (Lipinski definition) is 2. The second-order valence-corrected chi connectivity index (χ2v) is 3.56. The Morgan fingerprint density at radius 1 is 1.38 bits per heavy atom. The van der Waals surface area contributed by atoms with Crippen LogP contribution in [0.1, 0.15) is 24.5 Å². The Balaban J connectivity index is 2.25. The Hall–Kier alpha value is -0.930. The summed E-state index contributed by atoms with van der Waals surface area (Å²) in [7, 11) is 0. The topological polar surface area (TPSA) is 40.5 Å². The Morgan fingerprint density at radius 3 is 2.62 bits per heavy atom. The van der Waals surface area contributed by atoms with Gasteiger partial charge in [0.25, 0.3) is 0 Å². The first-order valence-corrected chi connectivity index (χ1v) is 4.28. The molecule has 0 bridgehead atoms. The molecule has 1 fully saturated rings. The van der Waals surface area contributed by atoms with Crippen molar-refractivity contribution in [3.05, 3.63) is 35.6 Å². The molecular formula is C10H11FO2. The standard InChI is InChI=1S/C10H11FO2/c11-8-3-1-2-7(6-8)9(12)10(13)4-5-10/h1-3,6,9,12-13H,4-5H2/t9-/m1/s1. The van der Waals surface area contributed by atoms with Crippen molar-refractivity contribution >= 4 is 0 Å². The molecule has 1 saturated carbocycles. The van der Waals surface area contributed by atoms with Crippen LogP contribution in [0.4, 0.5) is 4.39 Å². The third kappa shape index (κ3) is 1.57. The molecule has 0 unspecified atom stereocenters. The first-order chi connectivity index (χ1) is 6.12. The molecule has 1 aromatic rings. The van der Waals surface area contributed by atoms with Crippen molar-refractivity contribution in [3.8, 4) is 0 Å². The molecule has 2 nitrogen and oxygen atoms in total. The van der Waals surface area contributed by atoms with Gasteiger partial charge in [0, 0.05) is 0 Å². The Labute approximate surface area is 75.6 Å². The highest BCUT2D eigenvalue weighted by molar-refractivity contribution is 5.23. The molecule has 1 aliphatic carbocycles. The predicted octanol–water partition coefficient (Wildman–Crippen LogP) is 1.38. The normalized spacial score (nSPS) is 21.2. The van der Waals surface area contributed by atoms with Crippen LogP contribution >= 0.6 is 0 Å². The summed E-state index contributed by atoms with van der Waals surface area (Å²) in [6.45, 7) is 0. The fourth-order valence-electron chi connectivity index (χ4n) is 1.39. The molecule has 2 N–H and O–H groups in total. The van der Waals surface area contributed by atoms with Crippen molar-refractivity contribution < 1.29 is 14.6 Å². The minimum absolute atomic E-state index is 0.388. The van der Waals surface area contributed by atoms with Gasteiger partial charge < -0.3 is 10.2 Å². The molecule has 1 aliphatic rings. The highest BCUT2D eigenvalue weighted by Gasteiger charge is 2.47. The quantitative estimate of drug-likeness (QED) is 0.725.